The van der Waals surface area contributed by atoms with Crippen molar-refractivity contribution in [2.75, 3.05) is 19.0 Å². The molecule has 2 rings (SSSR count). The van der Waals surface area contributed by atoms with E-state index in [0.717, 1.165) is 17.3 Å². The van der Waals surface area contributed by atoms with Crippen molar-refractivity contribution in [3.63, 3.8) is 0 Å². The summed E-state index contributed by atoms with van der Waals surface area (Å²) >= 11 is 9.23. The number of halogens is 2. The second kappa shape index (κ2) is 7.67. The minimum absolute atomic E-state index is 0.0663. The van der Waals surface area contributed by atoms with Gasteiger partial charge in [-0.1, -0.05) is 15.9 Å². The SMILES string of the molecule is CC(C)(CCl)C(=O)N1CCC(NC(=O)c2ccc(Br)cc2)CC1. The van der Waals surface area contributed by atoms with Crippen LogP contribution in [-0.4, -0.2) is 41.7 Å². The molecular formula is C17H22BrClN2O2. The van der Waals surface area contributed by atoms with Crippen LogP contribution in [-0.2, 0) is 4.79 Å². The molecule has 2 amide bonds. The number of piperidine rings is 1. The van der Waals surface area contributed by atoms with Gasteiger partial charge in [0.25, 0.3) is 5.91 Å². The van der Waals surface area contributed by atoms with E-state index in [1.807, 2.05) is 30.9 Å². The number of nitrogens with one attached hydrogen (secondary N) is 1. The van der Waals surface area contributed by atoms with Crippen molar-refractivity contribution in [1.29, 1.82) is 0 Å². The maximum atomic E-state index is 12.4. The Morgan fingerprint density at radius 1 is 1.26 bits per heavy atom. The van der Waals surface area contributed by atoms with Crippen LogP contribution in [0.1, 0.15) is 37.0 Å². The van der Waals surface area contributed by atoms with Crippen molar-refractivity contribution in [2.45, 2.75) is 32.7 Å². The van der Waals surface area contributed by atoms with Crippen LogP contribution in [0.5, 0.6) is 0 Å². The highest BCUT2D eigenvalue weighted by Crippen LogP contribution is 2.23. The van der Waals surface area contributed by atoms with Crippen molar-refractivity contribution >= 4 is 39.3 Å². The fourth-order valence-electron chi connectivity index (χ4n) is 2.58. The van der Waals surface area contributed by atoms with E-state index in [0.29, 0.717) is 24.5 Å². The number of benzene rings is 1. The number of hydrogen-bond acceptors (Lipinski definition) is 2. The van der Waals surface area contributed by atoms with Gasteiger partial charge in [-0.15, -0.1) is 11.6 Å². The molecule has 1 aliphatic rings. The Morgan fingerprint density at radius 3 is 2.35 bits per heavy atom. The number of amides is 2. The lowest BCUT2D eigenvalue weighted by Gasteiger charge is -2.36. The Morgan fingerprint density at radius 2 is 1.83 bits per heavy atom. The number of nitrogens with zero attached hydrogens (tertiary/aromatic N) is 1. The second-order valence-corrected chi connectivity index (χ2v) is 7.75. The van der Waals surface area contributed by atoms with Crippen LogP contribution in [0.25, 0.3) is 0 Å². The normalized spacial score (nSPS) is 16.3. The third kappa shape index (κ3) is 4.70. The Labute approximate surface area is 150 Å². The number of carbonyl (C=O) groups excluding carboxylic acids is 2. The number of alkyl halides is 1. The Kier molecular flexibility index (Phi) is 6.09. The highest BCUT2D eigenvalue weighted by Gasteiger charge is 2.33. The van der Waals surface area contributed by atoms with Gasteiger partial charge in [-0.3, -0.25) is 9.59 Å². The summed E-state index contributed by atoms with van der Waals surface area (Å²) in [6, 6.07) is 7.39. The van der Waals surface area contributed by atoms with Gasteiger partial charge >= 0.3 is 0 Å². The monoisotopic (exact) mass is 400 g/mol. The molecular weight excluding hydrogens is 380 g/mol. The van der Waals surface area contributed by atoms with Crippen LogP contribution < -0.4 is 5.32 Å². The fourth-order valence-corrected chi connectivity index (χ4v) is 2.96. The molecule has 6 heteroatoms. The highest BCUT2D eigenvalue weighted by atomic mass is 79.9. The lowest BCUT2D eigenvalue weighted by atomic mass is 9.92. The molecule has 0 spiro atoms. The van der Waals surface area contributed by atoms with Gasteiger partial charge in [0.15, 0.2) is 0 Å². The summed E-state index contributed by atoms with van der Waals surface area (Å²) in [5.41, 5.74) is 0.115. The van der Waals surface area contributed by atoms with Crippen molar-refractivity contribution in [1.82, 2.24) is 10.2 Å². The van der Waals surface area contributed by atoms with Crippen molar-refractivity contribution in [3.8, 4) is 0 Å². The molecule has 1 aromatic rings. The topological polar surface area (TPSA) is 49.4 Å². The fraction of sp³-hybridized carbons (Fsp3) is 0.529. The molecule has 0 radical (unpaired) electrons. The smallest absolute Gasteiger partial charge is 0.251 e. The van der Waals surface area contributed by atoms with Crippen molar-refractivity contribution < 1.29 is 9.59 Å². The molecule has 23 heavy (non-hydrogen) atoms. The van der Waals surface area contributed by atoms with Crippen LogP contribution in [0.15, 0.2) is 28.7 Å². The third-order valence-corrected chi connectivity index (χ3v) is 5.33. The lowest BCUT2D eigenvalue weighted by molar-refractivity contribution is -0.140. The minimum Gasteiger partial charge on any atom is -0.349 e. The van der Waals surface area contributed by atoms with Crippen LogP contribution in [0, 0.1) is 5.41 Å². The molecule has 1 aliphatic heterocycles. The van der Waals surface area contributed by atoms with Gasteiger partial charge in [-0.25, -0.2) is 0 Å². The van der Waals surface area contributed by atoms with Crippen LogP contribution in [0.2, 0.25) is 0 Å². The van der Waals surface area contributed by atoms with E-state index in [1.165, 1.54) is 0 Å². The van der Waals surface area contributed by atoms with E-state index in [4.69, 9.17) is 11.6 Å². The summed E-state index contributed by atoms with van der Waals surface area (Å²) < 4.78 is 0.947. The molecule has 1 saturated heterocycles. The van der Waals surface area contributed by atoms with Crippen LogP contribution >= 0.6 is 27.5 Å². The Hall–Kier alpha value is -1.07. The summed E-state index contributed by atoms with van der Waals surface area (Å²) in [6.07, 6.45) is 1.54. The predicted molar refractivity (Wildman–Crippen MR) is 95.7 cm³/mol. The maximum Gasteiger partial charge on any atom is 0.251 e. The molecule has 0 unspecified atom stereocenters. The number of likely N-dealkylation sites (tertiary alicyclic amines) is 1. The highest BCUT2D eigenvalue weighted by molar-refractivity contribution is 9.10. The largest absolute Gasteiger partial charge is 0.349 e. The average Bonchev–Trinajstić information content (AvgIpc) is 2.55. The minimum atomic E-state index is -0.533. The molecule has 1 fully saturated rings. The van der Waals surface area contributed by atoms with Gasteiger partial charge in [0.1, 0.15) is 0 Å². The van der Waals surface area contributed by atoms with E-state index in [2.05, 4.69) is 21.2 Å². The van der Waals surface area contributed by atoms with Gasteiger partial charge in [0, 0.05) is 35.0 Å². The molecule has 1 aromatic carbocycles. The first-order valence-corrected chi connectivity index (χ1v) is 9.08. The predicted octanol–water partition coefficient (Wildman–Crippen LogP) is 3.43. The van der Waals surface area contributed by atoms with Crippen molar-refractivity contribution in [3.05, 3.63) is 34.3 Å². The molecule has 0 aliphatic carbocycles. The Balaban J connectivity index is 1.86. The zero-order chi connectivity index (χ0) is 17.0. The van der Waals surface area contributed by atoms with E-state index >= 15 is 0 Å². The first-order chi connectivity index (χ1) is 10.8. The average molecular weight is 402 g/mol. The zero-order valence-corrected chi connectivity index (χ0v) is 15.8. The van der Waals surface area contributed by atoms with E-state index in [1.54, 1.807) is 12.1 Å². The van der Waals surface area contributed by atoms with Gasteiger partial charge in [0.2, 0.25) is 5.91 Å². The van der Waals surface area contributed by atoms with E-state index in [9.17, 15) is 9.59 Å². The number of hydrogen-bond donors (Lipinski definition) is 1. The molecule has 1 N–H and O–H groups in total. The quantitative estimate of drug-likeness (QED) is 0.786. The second-order valence-electron chi connectivity index (χ2n) is 6.56. The zero-order valence-electron chi connectivity index (χ0n) is 13.4. The molecule has 126 valence electrons. The van der Waals surface area contributed by atoms with E-state index in [-0.39, 0.29) is 17.9 Å². The summed E-state index contributed by atoms with van der Waals surface area (Å²) in [5.74, 6) is 0.333. The molecule has 0 atom stereocenters. The van der Waals surface area contributed by atoms with Gasteiger partial charge < -0.3 is 10.2 Å². The molecule has 0 bridgehead atoms. The molecule has 4 nitrogen and oxygen atoms in total. The van der Waals surface area contributed by atoms with Crippen molar-refractivity contribution in [2.24, 2.45) is 5.41 Å². The van der Waals surface area contributed by atoms with Gasteiger partial charge in [-0.2, -0.15) is 0 Å². The molecule has 0 aromatic heterocycles. The summed E-state index contributed by atoms with van der Waals surface area (Å²) in [7, 11) is 0. The molecule has 1 heterocycles. The maximum absolute atomic E-state index is 12.4. The van der Waals surface area contributed by atoms with Crippen LogP contribution in [0.4, 0.5) is 0 Å². The standard InChI is InChI=1S/C17H22BrClN2O2/c1-17(2,11-19)16(23)21-9-7-14(8-10-21)20-15(22)12-3-5-13(18)6-4-12/h3-6,14H,7-11H2,1-2H3,(H,20,22). The van der Waals surface area contributed by atoms with Gasteiger partial charge in [0.05, 0.1) is 5.41 Å². The summed E-state index contributed by atoms with van der Waals surface area (Å²) in [6.45, 7) is 5.04. The lowest BCUT2D eigenvalue weighted by Crippen LogP contribution is -2.50. The summed E-state index contributed by atoms with van der Waals surface area (Å²) in [5, 5.41) is 3.05. The third-order valence-electron chi connectivity index (χ3n) is 4.14. The number of carbonyl (C=O) groups is 2. The van der Waals surface area contributed by atoms with Gasteiger partial charge in [-0.05, 0) is 51.0 Å². The summed E-state index contributed by atoms with van der Waals surface area (Å²) in [4.78, 5) is 26.5. The Bertz CT molecular complexity index is 566. The first kappa shape index (κ1) is 18.3. The van der Waals surface area contributed by atoms with E-state index < -0.39 is 5.41 Å². The first-order valence-electron chi connectivity index (χ1n) is 7.75. The van der Waals surface area contributed by atoms with Crippen LogP contribution in [0.3, 0.4) is 0 Å². The molecule has 0 saturated carbocycles. The number of rotatable bonds is 4.